The highest BCUT2D eigenvalue weighted by Gasteiger charge is 2.16. The Bertz CT molecular complexity index is 914. The van der Waals surface area contributed by atoms with Gasteiger partial charge >= 0.3 is 5.97 Å². The molecule has 0 amide bonds. The lowest BCUT2D eigenvalue weighted by molar-refractivity contribution is 0.0452. The molecule has 0 fully saturated rings. The Morgan fingerprint density at radius 3 is 2.72 bits per heavy atom. The minimum absolute atomic E-state index is 0.0290. The summed E-state index contributed by atoms with van der Waals surface area (Å²) in [7, 11) is 0. The first-order valence-electron chi connectivity index (χ1n) is 7.65. The lowest BCUT2D eigenvalue weighted by atomic mass is 10.1. The Hall–Kier alpha value is -3.29. The zero-order valence-electron chi connectivity index (χ0n) is 13.4. The summed E-state index contributed by atoms with van der Waals surface area (Å²) >= 11 is 0. The molecule has 0 aliphatic carbocycles. The normalized spacial score (nSPS) is 12.8. The summed E-state index contributed by atoms with van der Waals surface area (Å²) in [6, 6.07) is 8.70. The summed E-state index contributed by atoms with van der Waals surface area (Å²) in [6.45, 7) is 2.71. The van der Waals surface area contributed by atoms with E-state index in [2.05, 4.69) is 10.3 Å². The van der Waals surface area contributed by atoms with Crippen LogP contribution in [-0.2, 0) is 11.3 Å². The van der Waals surface area contributed by atoms with Crippen molar-refractivity contribution in [3.63, 3.8) is 0 Å². The third kappa shape index (κ3) is 3.18. The fourth-order valence-electron chi connectivity index (χ4n) is 2.39. The van der Waals surface area contributed by atoms with Gasteiger partial charge in [0.05, 0.1) is 0 Å². The maximum absolute atomic E-state index is 11.8. The van der Waals surface area contributed by atoms with Crippen molar-refractivity contribution >= 4 is 5.97 Å². The molecule has 8 nitrogen and oxygen atoms in total. The van der Waals surface area contributed by atoms with Gasteiger partial charge in [-0.15, -0.1) is 0 Å². The van der Waals surface area contributed by atoms with Gasteiger partial charge in [0.1, 0.15) is 31.3 Å². The molecule has 1 aliphatic heterocycles. The number of fused-ring (bicyclic) bond motifs is 1. The SMILES string of the molecule is Cc1cc(C(=O)OCc2cc(-c3ccc4c(c3)OCCO4)on2)no1. The molecule has 128 valence electrons. The summed E-state index contributed by atoms with van der Waals surface area (Å²) in [6.07, 6.45) is 0. The van der Waals surface area contributed by atoms with Crippen LogP contribution in [0.2, 0.25) is 0 Å². The van der Waals surface area contributed by atoms with Gasteiger partial charge < -0.3 is 23.3 Å². The number of esters is 1. The minimum atomic E-state index is -0.583. The van der Waals surface area contributed by atoms with Crippen molar-refractivity contribution in [1.82, 2.24) is 10.3 Å². The third-order valence-corrected chi connectivity index (χ3v) is 3.57. The van der Waals surface area contributed by atoms with Crippen molar-refractivity contribution in [1.29, 1.82) is 0 Å². The second kappa shape index (κ2) is 6.31. The topological polar surface area (TPSA) is 96.8 Å². The Morgan fingerprint density at radius 1 is 1.08 bits per heavy atom. The molecule has 25 heavy (non-hydrogen) atoms. The number of carbonyl (C=O) groups is 1. The van der Waals surface area contributed by atoms with Crippen LogP contribution in [0.25, 0.3) is 11.3 Å². The average molecular weight is 342 g/mol. The van der Waals surface area contributed by atoms with E-state index in [1.54, 1.807) is 13.0 Å². The van der Waals surface area contributed by atoms with Crippen LogP contribution in [-0.4, -0.2) is 29.5 Å². The number of ether oxygens (including phenoxy) is 3. The molecule has 1 aliphatic rings. The molecule has 3 aromatic rings. The zero-order chi connectivity index (χ0) is 17.2. The van der Waals surface area contributed by atoms with E-state index in [1.807, 2.05) is 18.2 Å². The van der Waals surface area contributed by atoms with Crippen molar-refractivity contribution in [2.75, 3.05) is 13.2 Å². The van der Waals surface area contributed by atoms with Gasteiger partial charge in [-0.2, -0.15) is 0 Å². The predicted octanol–water partition coefficient (Wildman–Crippen LogP) is 2.77. The molecule has 0 radical (unpaired) electrons. The van der Waals surface area contributed by atoms with Gasteiger partial charge in [-0.25, -0.2) is 4.79 Å². The highest BCUT2D eigenvalue weighted by molar-refractivity contribution is 5.87. The smallest absolute Gasteiger partial charge is 0.360 e. The van der Waals surface area contributed by atoms with E-state index < -0.39 is 5.97 Å². The number of nitrogens with zero attached hydrogens (tertiary/aromatic N) is 2. The second-order valence-corrected chi connectivity index (χ2v) is 5.44. The highest BCUT2D eigenvalue weighted by atomic mass is 16.6. The molecule has 0 atom stereocenters. The van der Waals surface area contributed by atoms with Gasteiger partial charge in [0.2, 0.25) is 0 Å². The van der Waals surface area contributed by atoms with Crippen LogP contribution in [0.4, 0.5) is 0 Å². The summed E-state index contributed by atoms with van der Waals surface area (Å²) in [4.78, 5) is 11.8. The molecule has 0 spiro atoms. The lowest BCUT2D eigenvalue weighted by Gasteiger charge is -2.18. The standard InChI is InChI=1S/C17H14N2O6/c1-10-6-13(19-24-10)17(20)23-9-12-8-15(25-18-12)11-2-3-14-16(7-11)22-5-4-21-14/h2-3,6-8H,4-5,9H2,1H3. The molecule has 1 aromatic carbocycles. The fraction of sp³-hybridized carbons (Fsp3) is 0.235. The molecule has 3 heterocycles. The van der Waals surface area contributed by atoms with Crippen molar-refractivity contribution in [2.24, 2.45) is 0 Å². The molecule has 0 bridgehead atoms. The molecular formula is C17H14N2O6. The van der Waals surface area contributed by atoms with Crippen LogP contribution in [0.3, 0.4) is 0 Å². The Kier molecular flexibility index (Phi) is 3.85. The maximum Gasteiger partial charge on any atom is 0.360 e. The Balaban J connectivity index is 1.44. The number of hydrogen-bond donors (Lipinski definition) is 0. The molecule has 8 heteroatoms. The number of carbonyl (C=O) groups excluding carboxylic acids is 1. The van der Waals surface area contributed by atoms with E-state index in [0.29, 0.717) is 41.9 Å². The molecule has 0 N–H and O–H groups in total. The minimum Gasteiger partial charge on any atom is -0.486 e. The van der Waals surface area contributed by atoms with Crippen LogP contribution >= 0.6 is 0 Å². The summed E-state index contributed by atoms with van der Waals surface area (Å²) in [5, 5.41) is 7.51. The monoisotopic (exact) mass is 342 g/mol. The first kappa shape index (κ1) is 15.3. The van der Waals surface area contributed by atoms with Crippen molar-refractivity contribution < 1.29 is 28.1 Å². The third-order valence-electron chi connectivity index (χ3n) is 3.57. The van der Waals surface area contributed by atoms with Crippen LogP contribution in [0.15, 0.2) is 39.4 Å². The van der Waals surface area contributed by atoms with Gasteiger partial charge in [0.15, 0.2) is 23.0 Å². The van der Waals surface area contributed by atoms with E-state index in [0.717, 1.165) is 5.56 Å². The first-order chi connectivity index (χ1) is 12.2. The zero-order valence-corrected chi connectivity index (χ0v) is 13.4. The predicted molar refractivity (Wildman–Crippen MR) is 83.3 cm³/mol. The number of rotatable bonds is 4. The summed E-state index contributed by atoms with van der Waals surface area (Å²) in [5.74, 6) is 1.86. The number of aromatic nitrogens is 2. The molecule has 0 unspecified atom stereocenters. The van der Waals surface area contributed by atoms with Crippen molar-refractivity contribution in [3.05, 3.63) is 47.5 Å². The number of hydrogen-bond acceptors (Lipinski definition) is 8. The molecule has 2 aromatic heterocycles. The maximum atomic E-state index is 11.8. The van der Waals surface area contributed by atoms with Crippen LogP contribution in [0.5, 0.6) is 11.5 Å². The van der Waals surface area contributed by atoms with Crippen LogP contribution < -0.4 is 9.47 Å². The van der Waals surface area contributed by atoms with Gasteiger partial charge in [0, 0.05) is 17.7 Å². The van der Waals surface area contributed by atoms with Gasteiger partial charge in [0.25, 0.3) is 0 Å². The van der Waals surface area contributed by atoms with E-state index >= 15 is 0 Å². The number of aryl methyl sites for hydroxylation is 1. The Morgan fingerprint density at radius 2 is 1.92 bits per heavy atom. The van der Waals surface area contributed by atoms with E-state index in [9.17, 15) is 4.79 Å². The van der Waals surface area contributed by atoms with Crippen molar-refractivity contribution in [2.45, 2.75) is 13.5 Å². The van der Waals surface area contributed by atoms with Gasteiger partial charge in [-0.1, -0.05) is 10.3 Å². The molecular weight excluding hydrogens is 328 g/mol. The van der Waals surface area contributed by atoms with Crippen molar-refractivity contribution in [3.8, 4) is 22.8 Å². The quantitative estimate of drug-likeness (QED) is 0.668. The highest BCUT2D eigenvalue weighted by Crippen LogP contribution is 2.34. The largest absolute Gasteiger partial charge is 0.486 e. The molecule has 0 saturated carbocycles. The van der Waals surface area contributed by atoms with E-state index in [-0.39, 0.29) is 12.3 Å². The fourth-order valence-corrected chi connectivity index (χ4v) is 2.39. The summed E-state index contributed by atoms with van der Waals surface area (Å²) in [5.41, 5.74) is 1.40. The molecule has 4 rings (SSSR count). The lowest BCUT2D eigenvalue weighted by Crippen LogP contribution is -2.15. The average Bonchev–Trinajstić information content (AvgIpc) is 3.28. The number of benzene rings is 1. The van der Waals surface area contributed by atoms with E-state index in [1.165, 1.54) is 6.07 Å². The first-order valence-corrected chi connectivity index (χ1v) is 7.65. The Labute approximate surface area is 142 Å². The van der Waals surface area contributed by atoms with Gasteiger partial charge in [-0.05, 0) is 25.1 Å². The molecule has 0 saturated heterocycles. The van der Waals surface area contributed by atoms with E-state index in [4.69, 9.17) is 23.3 Å². The second-order valence-electron chi connectivity index (χ2n) is 5.44. The van der Waals surface area contributed by atoms with Crippen LogP contribution in [0.1, 0.15) is 21.9 Å². The summed E-state index contributed by atoms with van der Waals surface area (Å²) < 4.78 is 26.3. The van der Waals surface area contributed by atoms with Gasteiger partial charge in [-0.3, -0.25) is 0 Å². The van der Waals surface area contributed by atoms with Crippen LogP contribution in [0, 0.1) is 6.92 Å².